The Morgan fingerprint density at radius 1 is 1.25 bits per heavy atom. The molecule has 0 aromatic carbocycles. The highest BCUT2D eigenvalue weighted by atomic mass is 16.2. The molecule has 1 saturated heterocycles. The van der Waals surface area contributed by atoms with Crippen LogP contribution in [-0.2, 0) is 16.0 Å². The van der Waals surface area contributed by atoms with E-state index >= 15 is 0 Å². The minimum Gasteiger partial charge on any atom is -0.345 e. The molecule has 0 radical (unpaired) electrons. The van der Waals surface area contributed by atoms with Gasteiger partial charge in [-0.2, -0.15) is 0 Å². The molecule has 1 aliphatic rings. The van der Waals surface area contributed by atoms with Gasteiger partial charge in [-0.15, -0.1) is 0 Å². The molecular weight excluding hydrogens is 304 g/mol. The average Bonchev–Trinajstić information content (AvgIpc) is 2.93. The summed E-state index contributed by atoms with van der Waals surface area (Å²) in [5.74, 6) is -0.0125. The third kappa shape index (κ3) is 5.30. The standard InChI is InChI=1S/C18H28N4O2/c1-20(2)10-4-11-22-14-16(13-17(22)23)18(24)21(3)12-7-15-5-8-19-9-6-15/h5-6,8-9,16H,4,7,10-14H2,1-3H3. The number of aromatic nitrogens is 1. The number of amides is 2. The molecule has 2 rings (SSSR count). The van der Waals surface area contributed by atoms with E-state index < -0.39 is 0 Å². The summed E-state index contributed by atoms with van der Waals surface area (Å²) in [4.78, 5) is 34.4. The van der Waals surface area contributed by atoms with Gasteiger partial charge in [0.1, 0.15) is 0 Å². The topological polar surface area (TPSA) is 56.8 Å². The molecule has 0 spiro atoms. The molecule has 132 valence electrons. The van der Waals surface area contributed by atoms with Crippen molar-refractivity contribution in [1.82, 2.24) is 19.7 Å². The summed E-state index contributed by atoms with van der Waals surface area (Å²) in [5.41, 5.74) is 1.16. The number of carbonyl (C=O) groups excluding carboxylic acids is 2. The number of pyridine rings is 1. The fourth-order valence-corrected chi connectivity index (χ4v) is 3.00. The number of hydrogen-bond donors (Lipinski definition) is 0. The fraction of sp³-hybridized carbons (Fsp3) is 0.611. The molecule has 1 aromatic heterocycles. The number of nitrogens with zero attached hydrogens (tertiary/aromatic N) is 4. The van der Waals surface area contributed by atoms with Gasteiger partial charge in [-0.05, 0) is 51.2 Å². The number of likely N-dealkylation sites (tertiary alicyclic amines) is 1. The minimum atomic E-state index is -0.195. The van der Waals surface area contributed by atoms with Gasteiger partial charge in [0.05, 0.1) is 5.92 Å². The van der Waals surface area contributed by atoms with Crippen LogP contribution >= 0.6 is 0 Å². The predicted molar refractivity (Wildman–Crippen MR) is 93.4 cm³/mol. The lowest BCUT2D eigenvalue weighted by Crippen LogP contribution is -2.36. The Labute approximate surface area is 144 Å². The van der Waals surface area contributed by atoms with E-state index in [-0.39, 0.29) is 17.7 Å². The molecule has 1 aliphatic heterocycles. The van der Waals surface area contributed by atoms with Crippen LogP contribution < -0.4 is 0 Å². The van der Waals surface area contributed by atoms with Crippen molar-refractivity contribution in [2.45, 2.75) is 19.3 Å². The molecule has 0 bridgehead atoms. The van der Waals surface area contributed by atoms with Gasteiger partial charge >= 0.3 is 0 Å². The van der Waals surface area contributed by atoms with Crippen molar-refractivity contribution in [2.75, 3.05) is 47.3 Å². The van der Waals surface area contributed by atoms with Crippen molar-refractivity contribution < 1.29 is 9.59 Å². The maximum absolute atomic E-state index is 12.6. The molecule has 0 N–H and O–H groups in total. The summed E-state index contributed by atoms with van der Waals surface area (Å²) >= 11 is 0. The van der Waals surface area contributed by atoms with Gasteiger partial charge in [-0.1, -0.05) is 0 Å². The molecule has 6 nitrogen and oxygen atoms in total. The number of hydrogen-bond acceptors (Lipinski definition) is 4. The fourth-order valence-electron chi connectivity index (χ4n) is 3.00. The highest BCUT2D eigenvalue weighted by Crippen LogP contribution is 2.20. The summed E-state index contributed by atoms with van der Waals surface area (Å²) in [6, 6.07) is 3.92. The lowest BCUT2D eigenvalue weighted by Gasteiger charge is -2.22. The third-order valence-corrected chi connectivity index (χ3v) is 4.46. The number of likely N-dealkylation sites (N-methyl/N-ethyl adjacent to an activating group) is 1. The number of rotatable bonds is 8. The van der Waals surface area contributed by atoms with Crippen LogP contribution in [0.4, 0.5) is 0 Å². The quantitative estimate of drug-likeness (QED) is 0.709. The van der Waals surface area contributed by atoms with Gasteiger partial charge in [0.25, 0.3) is 0 Å². The second kappa shape index (κ2) is 8.78. The van der Waals surface area contributed by atoms with Crippen LogP contribution in [-0.4, -0.2) is 78.8 Å². The zero-order valence-corrected chi connectivity index (χ0v) is 14.9. The second-order valence-electron chi connectivity index (χ2n) is 6.76. The van der Waals surface area contributed by atoms with Gasteiger partial charge in [0, 0.05) is 45.5 Å². The molecule has 1 aromatic rings. The largest absolute Gasteiger partial charge is 0.345 e. The third-order valence-electron chi connectivity index (χ3n) is 4.46. The average molecular weight is 332 g/mol. The van der Waals surface area contributed by atoms with E-state index in [1.165, 1.54) is 0 Å². The van der Waals surface area contributed by atoms with E-state index in [0.717, 1.165) is 31.5 Å². The highest BCUT2D eigenvalue weighted by molar-refractivity contribution is 5.89. The summed E-state index contributed by atoms with van der Waals surface area (Å²) in [6.07, 6.45) is 5.62. The van der Waals surface area contributed by atoms with Gasteiger partial charge in [-0.3, -0.25) is 14.6 Å². The van der Waals surface area contributed by atoms with Crippen LogP contribution in [0.5, 0.6) is 0 Å². The normalized spacial score (nSPS) is 17.6. The van der Waals surface area contributed by atoms with Crippen molar-refractivity contribution >= 4 is 11.8 Å². The maximum Gasteiger partial charge on any atom is 0.227 e. The van der Waals surface area contributed by atoms with Crippen molar-refractivity contribution in [3.8, 4) is 0 Å². The summed E-state index contributed by atoms with van der Waals surface area (Å²) in [6.45, 7) is 2.91. The Bertz CT molecular complexity index is 547. The summed E-state index contributed by atoms with van der Waals surface area (Å²) < 4.78 is 0. The second-order valence-corrected chi connectivity index (χ2v) is 6.76. The molecule has 1 atom stereocenters. The Hall–Kier alpha value is -1.95. The minimum absolute atomic E-state index is 0.0764. The first-order chi connectivity index (χ1) is 11.5. The van der Waals surface area contributed by atoms with Gasteiger partial charge in [0.15, 0.2) is 0 Å². The van der Waals surface area contributed by atoms with Gasteiger partial charge in [0.2, 0.25) is 11.8 Å². The molecule has 6 heteroatoms. The van der Waals surface area contributed by atoms with E-state index in [2.05, 4.69) is 9.88 Å². The van der Waals surface area contributed by atoms with Crippen molar-refractivity contribution in [3.05, 3.63) is 30.1 Å². The molecule has 2 amide bonds. The van der Waals surface area contributed by atoms with Crippen LogP contribution in [0.1, 0.15) is 18.4 Å². The van der Waals surface area contributed by atoms with E-state index in [4.69, 9.17) is 0 Å². The molecular formula is C18H28N4O2. The molecule has 1 unspecified atom stereocenters. The maximum atomic E-state index is 12.6. The summed E-state index contributed by atoms with van der Waals surface area (Å²) in [7, 11) is 5.87. The van der Waals surface area contributed by atoms with Crippen LogP contribution in [0.3, 0.4) is 0 Å². The Morgan fingerprint density at radius 3 is 2.62 bits per heavy atom. The molecule has 0 saturated carbocycles. The SMILES string of the molecule is CN(C)CCCN1CC(C(=O)N(C)CCc2ccncc2)CC1=O. The molecule has 24 heavy (non-hydrogen) atoms. The highest BCUT2D eigenvalue weighted by Gasteiger charge is 2.35. The van der Waals surface area contributed by atoms with E-state index in [9.17, 15) is 9.59 Å². The number of carbonyl (C=O) groups is 2. The van der Waals surface area contributed by atoms with Crippen molar-refractivity contribution in [2.24, 2.45) is 5.92 Å². The van der Waals surface area contributed by atoms with Crippen LogP contribution in [0, 0.1) is 5.92 Å². The first-order valence-electron chi connectivity index (χ1n) is 8.53. The first-order valence-corrected chi connectivity index (χ1v) is 8.53. The lowest BCUT2D eigenvalue weighted by molar-refractivity contribution is -0.134. The molecule has 1 fully saturated rings. The van der Waals surface area contributed by atoms with Crippen LogP contribution in [0.15, 0.2) is 24.5 Å². The Kier molecular flexibility index (Phi) is 6.73. The smallest absolute Gasteiger partial charge is 0.227 e. The zero-order valence-electron chi connectivity index (χ0n) is 14.9. The van der Waals surface area contributed by atoms with Crippen LogP contribution in [0.25, 0.3) is 0 Å². The van der Waals surface area contributed by atoms with Gasteiger partial charge < -0.3 is 14.7 Å². The molecule has 2 heterocycles. The zero-order chi connectivity index (χ0) is 17.5. The lowest BCUT2D eigenvalue weighted by atomic mass is 10.1. The first kappa shape index (κ1) is 18.4. The van der Waals surface area contributed by atoms with E-state index in [1.54, 1.807) is 17.3 Å². The van der Waals surface area contributed by atoms with Crippen LogP contribution in [0.2, 0.25) is 0 Å². The van der Waals surface area contributed by atoms with E-state index in [1.807, 2.05) is 38.2 Å². The van der Waals surface area contributed by atoms with Gasteiger partial charge in [-0.25, -0.2) is 0 Å². The predicted octanol–water partition coefficient (Wildman–Crippen LogP) is 0.883. The molecule has 0 aliphatic carbocycles. The van der Waals surface area contributed by atoms with E-state index in [0.29, 0.717) is 19.5 Å². The Morgan fingerprint density at radius 2 is 1.96 bits per heavy atom. The van der Waals surface area contributed by atoms with Crippen molar-refractivity contribution in [3.63, 3.8) is 0 Å². The monoisotopic (exact) mass is 332 g/mol. The van der Waals surface area contributed by atoms with Crippen molar-refractivity contribution in [1.29, 1.82) is 0 Å². The summed E-state index contributed by atoms with van der Waals surface area (Å²) in [5, 5.41) is 0. The Balaban J connectivity index is 1.78.